The minimum atomic E-state index is -0.833. The maximum Gasteiger partial charge on any atom is 0.300 e. The molecule has 0 aliphatic heterocycles. The second-order valence-electron chi connectivity index (χ2n) is 6.48. The largest absolute Gasteiger partial charge is 0.481 e. The van der Waals surface area contributed by atoms with Gasteiger partial charge in [0.1, 0.15) is 5.82 Å². The first-order valence-corrected chi connectivity index (χ1v) is 8.99. The molecule has 0 unspecified atom stereocenters. The molecule has 160 valence electrons. The Labute approximate surface area is 165 Å². The SMILES string of the molecule is CC(=O)O.CC(=O)O.CO[C@H]1C[C@@H](C(=O)NCCc2nccn2C)CC[C@@H]1N. The third-order valence-electron chi connectivity index (χ3n) is 4.09. The number of nitrogens with one attached hydrogen (secondary N) is 1. The van der Waals surface area contributed by atoms with Crippen LogP contribution >= 0.6 is 0 Å². The van der Waals surface area contributed by atoms with E-state index in [-0.39, 0.29) is 24.0 Å². The number of methoxy groups -OCH3 is 1. The van der Waals surface area contributed by atoms with Gasteiger partial charge in [-0.3, -0.25) is 14.4 Å². The lowest BCUT2D eigenvalue weighted by Crippen LogP contribution is -2.45. The van der Waals surface area contributed by atoms with Crippen molar-refractivity contribution in [3.05, 3.63) is 18.2 Å². The lowest BCUT2D eigenvalue weighted by Gasteiger charge is -2.32. The minimum Gasteiger partial charge on any atom is -0.481 e. The molecule has 1 saturated carbocycles. The van der Waals surface area contributed by atoms with Crippen molar-refractivity contribution in [1.29, 1.82) is 0 Å². The van der Waals surface area contributed by atoms with Gasteiger partial charge in [-0.2, -0.15) is 0 Å². The Balaban J connectivity index is 0.000000776. The highest BCUT2D eigenvalue weighted by molar-refractivity contribution is 5.78. The fourth-order valence-electron chi connectivity index (χ4n) is 2.74. The van der Waals surface area contributed by atoms with Crippen LogP contribution in [0.5, 0.6) is 0 Å². The van der Waals surface area contributed by atoms with E-state index in [9.17, 15) is 4.79 Å². The van der Waals surface area contributed by atoms with Gasteiger partial charge < -0.3 is 30.6 Å². The monoisotopic (exact) mass is 400 g/mol. The Morgan fingerprint density at radius 3 is 2.32 bits per heavy atom. The number of carboxylic acids is 2. The molecule has 1 fully saturated rings. The number of nitrogens with zero attached hydrogens (tertiary/aromatic N) is 2. The molecular formula is C18H32N4O6. The van der Waals surface area contributed by atoms with Crippen LogP contribution < -0.4 is 11.1 Å². The van der Waals surface area contributed by atoms with Gasteiger partial charge in [-0.15, -0.1) is 0 Å². The summed E-state index contributed by atoms with van der Waals surface area (Å²) >= 11 is 0. The standard InChI is InChI=1S/C14H24N4O2.2C2H4O2/c1-18-8-7-16-13(18)5-6-17-14(19)10-3-4-11(15)12(9-10)20-2;2*1-2(3)4/h7-8,10-12H,3-6,9,15H2,1-2H3,(H,17,19);2*1H3,(H,3,4)/t10-,11-,12-;;/m0../s1. The molecule has 10 nitrogen and oxygen atoms in total. The van der Waals surface area contributed by atoms with Gasteiger partial charge in [0.05, 0.1) is 6.10 Å². The number of carbonyl (C=O) groups is 3. The highest BCUT2D eigenvalue weighted by atomic mass is 16.5. The molecule has 0 bridgehead atoms. The molecule has 0 spiro atoms. The third kappa shape index (κ3) is 11.3. The molecule has 1 aromatic heterocycles. The summed E-state index contributed by atoms with van der Waals surface area (Å²) in [6.07, 6.45) is 6.81. The minimum absolute atomic E-state index is 0.00552. The first-order valence-electron chi connectivity index (χ1n) is 8.99. The molecule has 1 aromatic rings. The molecule has 1 aliphatic carbocycles. The van der Waals surface area contributed by atoms with Crippen LogP contribution in [0, 0.1) is 5.92 Å². The van der Waals surface area contributed by atoms with Crippen molar-refractivity contribution < 1.29 is 29.3 Å². The number of hydrogen-bond acceptors (Lipinski definition) is 6. The van der Waals surface area contributed by atoms with Gasteiger partial charge in [-0.25, -0.2) is 4.98 Å². The van der Waals surface area contributed by atoms with Crippen LogP contribution in [-0.2, 0) is 32.6 Å². The van der Waals surface area contributed by atoms with Crippen LogP contribution in [0.2, 0.25) is 0 Å². The molecule has 1 amide bonds. The van der Waals surface area contributed by atoms with Crippen molar-refractivity contribution in [2.24, 2.45) is 18.7 Å². The van der Waals surface area contributed by atoms with E-state index in [4.69, 9.17) is 30.3 Å². The average Bonchev–Trinajstić information content (AvgIpc) is 2.99. The van der Waals surface area contributed by atoms with Crippen LogP contribution in [-0.4, -0.2) is 63.4 Å². The fourth-order valence-corrected chi connectivity index (χ4v) is 2.74. The van der Waals surface area contributed by atoms with Crippen LogP contribution in [0.3, 0.4) is 0 Å². The van der Waals surface area contributed by atoms with Crippen molar-refractivity contribution in [2.45, 2.75) is 51.7 Å². The number of carbonyl (C=O) groups excluding carboxylic acids is 1. The predicted octanol–water partition coefficient (Wildman–Crippen LogP) is 0.403. The maximum atomic E-state index is 12.1. The number of aryl methyl sites for hydroxylation is 1. The first-order chi connectivity index (χ1) is 13.1. The number of amides is 1. The van der Waals surface area contributed by atoms with E-state index >= 15 is 0 Å². The summed E-state index contributed by atoms with van der Waals surface area (Å²) in [7, 11) is 3.61. The first kappa shape index (κ1) is 25.5. The summed E-state index contributed by atoms with van der Waals surface area (Å²) in [6.45, 7) is 2.78. The Morgan fingerprint density at radius 1 is 1.29 bits per heavy atom. The Kier molecular flexibility index (Phi) is 12.5. The Hall–Kier alpha value is -2.46. The highest BCUT2D eigenvalue weighted by Gasteiger charge is 2.31. The van der Waals surface area contributed by atoms with Gasteiger partial charge in [-0.1, -0.05) is 0 Å². The maximum absolute atomic E-state index is 12.1. The smallest absolute Gasteiger partial charge is 0.300 e. The Morgan fingerprint density at radius 2 is 1.86 bits per heavy atom. The normalized spacial score (nSPS) is 20.7. The number of rotatable bonds is 5. The van der Waals surface area contributed by atoms with E-state index < -0.39 is 11.9 Å². The van der Waals surface area contributed by atoms with Gasteiger partial charge in [-0.05, 0) is 19.3 Å². The number of imidazole rings is 1. The summed E-state index contributed by atoms with van der Waals surface area (Å²) in [4.78, 5) is 34.4. The summed E-state index contributed by atoms with van der Waals surface area (Å²) in [5, 5.41) is 17.8. The number of aliphatic carboxylic acids is 2. The fraction of sp³-hybridized carbons (Fsp3) is 0.667. The van der Waals surface area contributed by atoms with Crippen molar-refractivity contribution in [3.63, 3.8) is 0 Å². The van der Waals surface area contributed by atoms with Crippen molar-refractivity contribution in [2.75, 3.05) is 13.7 Å². The van der Waals surface area contributed by atoms with Gasteiger partial charge in [0.15, 0.2) is 0 Å². The molecule has 0 radical (unpaired) electrons. The summed E-state index contributed by atoms with van der Waals surface area (Å²) in [5.74, 6) is -0.569. The molecule has 1 aliphatic rings. The number of ether oxygens (including phenoxy) is 1. The van der Waals surface area contributed by atoms with Gasteiger partial charge in [0.2, 0.25) is 5.91 Å². The molecule has 5 N–H and O–H groups in total. The zero-order chi connectivity index (χ0) is 21.7. The zero-order valence-electron chi connectivity index (χ0n) is 16.9. The molecule has 10 heteroatoms. The molecule has 2 rings (SSSR count). The predicted molar refractivity (Wildman–Crippen MR) is 103 cm³/mol. The van der Waals surface area contributed by atoms with Crippen LogP contribution in [0.15, 0.2) is 12.4 Å². The highest BCUT2D eigenvalue weighted by Crippen LogP contribution is 2.25. The lowest BCUT2D eigenvalue weighted by molar-refractivity contribution is -0.135. The van der Waals surface area contributed by atoms with Gasteiger partial charge >= 0.3 is 0 Å². The quantitative estimate of drug-likeness (QED) is 0.553. The van der Waals surface area contributed by atoms with Crippen LogP contribution in [0.1, 0.15) is 38.9 Å². The van der Waals surface area contributed by atoms with Gasteiger partial charge in [0, 0.05) is 65.3 Å². The van der Waals surface area contributed by atoms with E-state index in [0.717, 1.165) is 38.9 Å². The summed E-state index contributed by atoms with van der Waals surface area (Å²) < 4.78 is 7.31. The zero-order valence-corrected chi connectivity index (χ0v) is 16.9. The second-order valence-corrected chi connectivity index (χ2v) is 6.48. The molecule has 0 aromatic carbocycles. The third-order valence-corrected chi connectivity index (χ3v) is 4.09. The van der Waals surface area contributed by atoms with Gasteiger partial charge in [0.25, 0.3) is 11.9 Å². The van der Waals surface area contributed by atoms with Crippen molar-refractivity contribution in [3.8, 4) is 0 Å². The molecule has 28 heavy (non-hydrogen) atoms. The van der Waals surface area contributed by atoms with Crippen LogP contribution in [0.25, 0.3) is 0 Å². The van der Waals surface area contributed by atoms with E-state index in [1.54, 1.807) is 13.3 Å². The number of carboxylic acid groups (broad SMARTS) is 2. The second kappa shape index (κ2) is 13.7. The number of aromatic nitrogens is 2. The lowest BCUT2D eigenvalue weighted by atomic mass is 9.83. The topological polar surface area (TPSA) is 157 Å². The van der Waals surface area contributed by atoms with E-state index in [1.165, 1.54) is 0 Å². The van der Waals surface area contributed by atoms with E-state index in [0.29, 0.717) is 13.0 Å². The molecule has 0 saturated heterocycles. The summed E-state index contributed by atoms with van der Waals surface area (Å²) in [6, 6.07) is 0.0524. The molecular weight excluding hydrogens is 368 g/mol. The average molecular weight is 400 g/mol. The van der Waals surface area contributed by atoms with E-state index in [2.05, 4.69) is 10.3 Å². The molecule has 3 atom stereocenters. The summed E-state index contributed by atoms with van der Waals surface area (Å²) in [5.41, 5.74) is 5.97. The van der Waals surface area contributed by atoms with Crippen LogP contribution in [0.4, 0.5) is 0 Å². The van der Waals surface area contributed by atoms with E-state index in [1.807, 2.05) is 17.8 Å². The van der Waals surface area contributed by atoms with Crippen molar-refractivity contribution >= 4 is 17.8 Å². The van der Waals surface area contributed by atoms with Crippen molar-refractivity contribution in [1.82, 2.24) is 14.9 Å². The Bertz CT molecular complexity index is 599. The number of nitrogens with two attached hydrogens (primary N) is 1. The number of hydrogen-bond donors (Lipinski definition) is 4. The molecule has 1 heterocycles.